The highest BCUT2D eigenvalue weighted by Crippen LogP contribution is 2.16. The molecule has 100 valence electrons. The fourth-order valence-electron chi connectivity index (χ4n) is 1.76. The first-order valence-corrected chi connectivity index (χ1v) is 6.97. The largest absolute Gasteiger partial charge is 0.379 e. The van der Waals surface area contributed by atoms with Gasteiger partial charge in [0.1, 0.15) is 0 Å². The molecule has 0 amide bonds. The molecule has 0 heterocycles. The van der Waals surface area contributed by atoms with Gasteiger partial charge in [0.25, 0.3) is 0 Å². The first kappa shape index (κ1) is 15.0. The second-order valence-electron chi connectivity index (χ2n) is 5.29. The Balaban J connectivity index is 2.35. The number of benzene rings is 1. The van der Waals surface area contributed by atoms with E-state index in [1.807, 2.05) is 0 Å². The molecule has 0 aliphatic carbocycles. The van der Waals surface area contributed by atoms with E-state index >= 15 is 0 Å². The summed E-state index contributed by atoms with van der Waals surface area (Å²) in [5, 5.41) is 0. The predicted molar refractivity (Wildman–Crippen MR) is 79.9 cm³/mol. The Morgan fingerprint density at radius 2 is 1.94 bits per heavy atom. The van der Waals surface area contributed by atoms with Crippen LogP contribution in [0.4, 0.5) is 0 Å². The van der Waals surface area contributed by atoms with Gasteiger partial charge in [-0.05, 0) is 43.7 Å². The molecule has 0 unspecified atom stereocenters. The van der Waals surface area contributed by atoms with Gasteiger partial charge < -0.3 is 4.74 Å². The minimum absolute atomic E-state index is 0.344. The van der Waals surface area contributed by atoms with Gasteiger partial charge in [0.05, 0.1) is 6.10 Å². The third kappa shape index (κ3) is 6.02. The van der Waals surface area contributed by atoms with Gasteiger partial charge in [0.15, 0.2) is 0 Å². The van der Waals surface area contributed by atoms with Gasteiger partial charge in [-0.15, -0.1) is 0 Å². The van der Waals surface area contributed by atoms with Crippen molar-refractivity contribution in [2.45, 2.75) is 52.6 Å². The van der Waals surface area contributed by atoms with E-state index in [-0.39, 0.29) is 0 Å². The quantitative estimate of drug-likeness (QED) is 0.613. The standard InChI is InChI=1S/C17H26O/c1-14(2)17-11-8-10-16(13-17)9-6-5-7-12-18-15(3)4/h6,8-11,13-15H,5,7,12H2,1-4H3/b9-6+. The number of ether oxygens (including phenoxy) is 1. The van der Waals surface area contributed by atoms with E-state index in [4.69, 9.17) is 4.74 Å². The van der Waals surface area contributed by atoms with Crippen molar-refractivity contribution in [2.75, 3.05) is 6.61 Å². The zero-order valence-corrected chi connectivity index (χ0v) is 12.1. The zero-order valence-electron chi connectivity index (χ0n) is 12.1. The maximum Gasteiger partial charge on any atom is 0.0518 e. The first-order valence-electron chi connectivity index (χ1n) is 6.97. The van der Waals surface area contributed by atoms with Gasteiger partial charge in [0.2, 0.25) is 0 Å². The summed E-state index contributed by atoms with van der Waals surface area (Å²) in [5.74, 6) is 0.595. The Morgan fingerprint density at radius 3 is 2.61 bits per heavy atom. The van der Waals surface area contributed by atoms with Crippen molar-refractivity contribution in [2.24, 2.45) is 0 Å². The number of unbranched alkanes of at least 4 members (excludes halogenated alkanes) is 1. The van der Waals surface area contributed by atoms with Gasteiger partial charge >= 0.3 is 0 Å². The summed E-state index contributed by atoms with van der Waals surface area (Å²) in [4.78, 5) is 0. The molecule has 18 heavy (non-hydrogen) atoms. The van der Waals surface area contributed by atoms with Crippen LogP contribution in [0, 0.1) is 0 Å². The summed E-state index contributed by atoms with van der Waals surface area (Å²) in [5.41, 5.74) is 2.70. The molecule has 1 aromatic carbocycles. The molecule has 0 atom stereocenters. The average Bonchev–Trinajstić information content (AvgIpc) is 2.33. The summed E-state index contributed by atoms with van der Waals surface area (Å²) >= 11 is 0. The van der Waals surface area contributed by atoms with Crippen molar-refractivity contribution in [3.63, 3.8) is 0 Å². The molecule has 0 aliphatic heterocycles. The van der Waals surface area contributed by atoms with E-state index in [0.717, 1.165) is 19.4 Å². The third-order valence-electron chi connectivity index (χ3n) is 2.85. The second kappa shape index (κ2) is 8.10. The van der Waals surface area contributed by atoms with Gasteiger partial charge in [-0.3, -0.25) is 0 Å². The highest BCUT2D eigenvalue weighted by molar-refractivity contribution is 5.50. The van der Waals surface area contributed by atoms with Crippen LogP contribution in [-0.2, 0) is 4.74 Å². The second-order valence-corrected chi connectivity index (χ2v) is 5.29. The molecule has 0 N–H and O–H groups in total. The molecule has 0 aliphatic rings. The molecule has 0 saturated heterocycles. The number of hydrogen-bond acceptors (Lipinski definition) is 1. The molecule has 0 aromatic heterocycles. The Bertz CT molecular complexity index is 364. The van der Waals surface area contributed by atoms with Crippen molar-refractivity contribution in [1.82, 2.24) is 0 Å². The SMILES string of the molecule is CC(C)OCCC/C=C/c1cccc(C(C)C)c1. The summed E-state index contributed by atoms with van der Waals surface area (Å²) in [6.45, 7) is 9.46. The minimum Gasteiger partial charge on any atom is -0.379 e. The number of rotatable bonds is 7. The summed E-state index contributed by atoms with van der Waals surface area (Å²) in [6.07, 6.45) is 6.97. The molecular formula is C17H26O. The van der Waals surface area contributed by atoms with Crippen LogP contribution in [0.15, 0.2) is 30.3 Å². The van der Waals surface area contributed by atoms with Crippen molar-refractivity contribution in [1.29, 1.82) is 0 Å². The molecule has 0 radical (unpaired) electrons. The average molecular weight is 246 g/mol. The van der Waals surface area contributed by atoms with Crippen LogP contribution in [0.3, 0.4) is 0 Å². The zero-order chi connectivity index (χ0) is 13.4. The third-order valence-corrected chi connectivity index (χ3v) is 2.85. The van der Waals surface area contributed by atoms with E-state index in [1.165, 1.54) is 11.1 Å². The lowest BCUT2D eigenvalue weighted by Crippen LogP contribution is -2.03. The molecule has 0 spiro atoms. The number of allylic oxidation sites excluding steroid dienone is 1. The maximum atomic E-state index is 5.51. The lowest BCUT2D eigenvalue weighted by molar-refractivity contribution is 0.0775. The van der Waals surface area contributed by atoms with E-state index in [2.05, 4.69) is 64.1 Å². The molecule has 1 aromatic rings. The summed E-state index contributed by atoms with van der Waals surface area (Å²) in [6, 6.07) is 8.76. The van der Waals surface area contributed by atoms with Gasteiger partial charge in [-0.1, -0.05) is 50.3 Å². The Labute approximate surface area is 112 Å². The molecule has 0 fully saturated rings. The van der Waals surface area contributed by atoms with Crippen molar-refractivity contribution >= 4 is 6.08 Å². The van der Waals surface area contributed by atoms with Crippen LogP contribution in [0.1, 0.15) is 57.6 Å². The normalized spacial score (nSPS) is 11.9. The van der Waals surface area contributed by atoms with E-state index < -0.39 is 0 Å². The van der Waals surface area contributed by atoms with Crippen LogP contribution in [0.5, 0.6) is 0 Å². The van der Waals surface area contributed by atoms with E-state index in [0.29, 0.717) is 12.0 Å². The van der Waals surface area contributed by atoms with Crippen LogP contribution < -0.4 is 0 Å². The topological polar surface area (TPSA) is 9.23 Å². The van der Waals surface area contributed by atoms with Gasteiger partial charge in [-0.2, -0.15) is 0 Å². The maximum absolute atomic E-state index is 5.51. The smallest absolute Gasteiger partial charge is 0.0518 e. The van der Waals surface area contributed by atoms with Crippen LogP contribution in [0.2, 0.25) is 0 Å². The van der Waals surface area contributed by atoms with Crippen molar-refractivity contribution in [3.8, 4) is 0 Å². The molecule has 0 bridgehead atoms. The van der Waals surface area contributed by atoms with Gasteiger partial charge in [-0.25, -0.2) is 0 Å². The Hall–Kier alpha value is -1.08. The number of hydrogen-bond donors (Lipinski definition) is 0. The monoisotopic (exact) mass is 246 g/mol. The fraction of sp³-hybridized carbons (Fsp3) is 0.529. The Morgan fingerprint density at radius 1 is 1.17 bits per heavy atom. The minimum atomic E-state index is 0.344. The molecule has 0 saturated carbocycles. The van der Waals surface area contributed by atoms with Crippen LogP contribution in [-0.4, -0.2) is 12.7 Å². The molecule has 1 rings (SSSR count). The first-order chi connectivity index (χ1) is 8.59. The van der Waals surface area contributed by atoms with E-state index in [9.17, 15) is 0 Å². The summed E-state index contributed by atoms with van der Waals surface area (Å²) < 4.78 is 5.51. The highest BCUT2D eigenvalue weighted by Gasteiger charge is 1.98. The van der Waals surface area contributed by atoms with Crippen LogP contribution >= 0.6 is 0 Å². The molecular weight excluding hydrogens is 220 g/mol. The Kier molecular flexibility index (Phi) is 6.74. The summed E-state index contributed by atoms with van der Waals surface area (Å²) in [7, 11) is 0. The predicted octanol–water partition coefficient (Wildman–Crippen LogP) is 5.03. The van der Waals surface area contributed by atoms with E-state index in [1.54, 1.807) is 0 Å². The molecule has 1 heteroatoms. The van der Waals surface area contributed by atoms with Crippen molar-refractivity contribution in [3.05, 3.63) is 41.5 Å². The lowest BCUT2D eigenvalue weighted by Gasteiger charge is -2.06. The lowest BCUT2D eigenvalue weighted by atomic mass is 10.0. The highest BCUT2D eigenvalue weighted by atomic mass is 16.5. The van der Waals surface area contributed by atoms with Gasteiger partial charge in [0, 0.05) is 6.61 Å². The van der Waals surface area contributed by atoms with Crippen LogP contribution in [0.25, 0.3) is 6.08 Å². The molecule has 1 nitrogen and oxygen atoms in total. The van der Waals surface area contributed by atoms with Crippen molar-refractivity contribution < 1.29 is 4.74 Å². The fourth-order valence-corrected chi connectivity index (χ4v) is 1.76.